The molecule has 0 fully saturated rings. The lowest BCUT2D eigenvalue weighted by molar-refractivity contribution is -0.142. The second kappa shape index (κ2) is 5.40. The predicted molar refractivity (Wildman–Crippen MR) is 78.6 cm³/mol. The topological polar surface area (TPSA) is 74.6 Å². The van der Waals surface area contributed by atoms with E-state index in [4.69, 9.17) is 0 Å². The molecule has 0 heterocycles. The third-order valence-corrected chi connectivity index (χ3v) is 3.50. The van der Waals surface area contributed by atoms with Crippen LogP contribution >= 0.6 is 0 Å². The van der Waals surface area contributed by atoms with Gasteiger partial charge in [-0.3, -0.25) is 9.59 Å². The Morgan fingerprint density at radius 2 is 1.57 bits per heavy atom. The average Bonchev–Trinajstić information content (AvgIpc) is 2.47. The van der Waals surface area contributed by atoms with Crippen LogP contribution in [0, 0.1) is 0 Å². The number of benzene rings is 2. The molecule has 2 N–H and O–H groups in total. The van der Waals surface area contributed by atoms with Crippen molar-refractivity contribution in [2.24, 2.45) is 0 Å². The smallest absolute Gasteiger partial charge is 0.313 e. The van der Waals surface area contributed by atoms with Crippen LogP contribution in [0.3, 0.4) is 0 Å². The van der Waals surface area contributed by atoms with Gasteiger partial charge in [-0.05, 0) is 32.0 Å². The first-order valence-electron chi connectivity index (χ1n) is 6.50. The van der Waals surface area contributed by atoms with Crippen LogP contribution in [0.1, 0.15) is 35.3 Å². The molecule has 4 heteroatoms. The first-order valence-corrected chi connectivity index (χ1v) is 6.50. The zero-order valence-corrected chi connectivity index (χ0v) is 11.8. The minimum absolute atomic E-state index is 0.132. The quantitative estimate of drug-likeness (QED) is 0.846. The van der Waals surface area contributed by atoms with Crippen LogP contribution in [0.5, 0.6) is 5.75 Å². The van der Waals surface area contributed by atoms with E-state index in [1.807, 2.05) is 6.07 Å². The number of carboxylic acids is 1. The van der Waals surface area contributed by atoms with E-state index in [2.05, 4.69) is 0 Å². The molecule has 0 amide bonds. The van der Waals surface area contributed by atoms with Gasteiger partial charge in [-0.1, -0.05) is 30.3 Å². The molecule has 0 aliphatic rings. The minimum atomic E-state index is -1.28. The average molecular weight is 284 g/mol. The molecular weight excluding hydrogens is 268 g/mol. The molecule has 0 radical (unpaired) electrons. The summed E-state index contributed by atoms with van der Waals surface area (Å²) in [5.74, 6) is -1.41. The number of phenols is 1. The maximum Gasteiger partial charge on any atom is 0.313 e. The maximum absolute atomic E-state index is 12.4. The van der Waals surface area contributed by atoms with Crippen LogP contribution in [-0.2, 0) is 10.2 Å². The molecule has 0 spiro atoms. The van der Waals surface area contributed by atoms with Gasteiger partial charge in [0.05, 0.1) is 5.41 Å². The van der Waals surface area contributed by atoms with E-state index < -0.39 is 11.4 Å². The van der Waals surface area contributed by atoms with Gasteiger partial charge in [-0.25, -0.2) is 0 Å². The number of carboxylic acid groups (broad SMARTS) is 1. The highest BCUT2D eigenvalue weighted by molar-refractivity contribution is 6.09. The fourth-order valence-electron chi connectivity index (χ4n) is 2.05. The van der Waals surface area contributed by atoms with E-state index in [1.54, 1.807) is 24.3 Å². The highest BCUT2D eigenvalue weighted by atomic mass is 16.4. The fourth-order valence-corrected chi connectivity index (χ4v) is 2.05. The van der Waals surface area contributed by atoms with E-state index in [0.29, 0.717) is 11.1 Å². The molecule has 0 aliphatic heterocycles. The van der Waals surface area contributed by atoms with Gasteiger partial charge in [-0.2, -0.15) is 0 Å². The summed E-state index contributed by atoms with van der Waals surface area (Å²) in [6, 6.07) is 13.0. The second-order valence-electron chi connectivity index (χ2n) is 5.36. The van der Waals surface area contributed by atoms with Gasteiger partial charge in [-0.15, -0.1) is 0 Å². The molecule has 2 rings (SSSR count). The Labute approximate surface area is 122 Å². The van der Waals surface area contributed by atoms with Gasteiger partial charge in [0.15, 0.2) is 5.78 Å². The Kier molecular flexibility index (Phi) is 3.80. The molecule has 0 atom stereocenters. The molecule has 108 valence electrons. The molecule has 21 heavy (non-hydrogen) atoms. The van der Waals surface area contributed by atoms with Gasteiger partial charge in [0.1, 0.15) is 5.75 Å². The van der Waals surface area contributed by atoms with Crippen molar-refractivity contribution in [2.75, 3.05) is 0 Å². The lowest BCUT2D eigenvalue weighted by Crippen LogP contribution is -2.28. The molecule has 0 aliphatic carbocycles. The normalized spacial score (nSPS) is 11.1. The molecule has 0 bridgehead atoms. The number of hydrogen-bond donors (Lipinski definition) is 2. The number of phenolic OH excluding ortho intramolecular Hbond substituents is 1. The van der Waals surface area contributed by atoms with Crippen molar-refractivity contribution in [3.05, 3.63) is 65.2 Å². The molecule has 0 saturated heterocycles. The van der Waals surface area contributed by atoms with Gasteiger partial charge >= 0.3 is 5.97 Å². The molecule has 0 saturated carbocycles. The van der Waals surface area contributed by atoms with Crippen molar-refractivity contribution in [3.63, 3.8) is 0 Å². The summed E-state index contributed by atoms with van der Waals surface area (Å²) in [6.07, 6.45) is 0. The van der Waals surface area contributed by atoms with Crippen LogP contribution in [-0.4, -0.2) is 22.0 Å². The van der Waals surface area contributed by atoms with Gasteiger partial charge in [0.25, 0.3) is 0 Å². The monoisotopic (exact) mass is 284 g/mol. The van der Waals surface area contributed by atoms with Crippen LogP contribution in [0.4, 0.5) is 0 Å². The molecule has 0 unspecified atom stereocenters. The SMILES string of the molecule is CC(C)(C(=O)O)c1cc(C(=O)c2ccccc2)ccc1O. The number of rotatable bonds is 4. The number of ketones is 1. The van der Waals surface area contributed by atoms with Crippen LogP contribution in [0.15, 0.2) is 48.5 Å². The highest BCUT2D eigenvalue weighted by Crippen LogP contribution is 2.32. The van der Waals surface area contributed by atoms with Crippen LogP contribution in [0.25, 0.3) is 0 Å². The van der Waals surface area contributed by atoms with Crippen molar-refractivity contribution in [1.82, 2.24) is 0 Å². The third kappa shape index (κ3) is 2.79. The van der Waals surface area contributed by atoms with E-state index in [9.17, 15) is 19.8 Å². The largest absolute Gasteiger partial charge is 0.508 e. The molecular formula is C17H16O4. The predicted octanol–water partition coefficient (Wildman–Crippen LogP) is 2.99. The summed E-state index contributed by atoms with van der Waals surface area (Å²) in [4.78, 5) is 23.7. The summed E-state index contributed by atoms with van der Waals surface area (Å²) >= 11 is 0. The Morgan fingerprint density at radius 1 is 0.952 bits per heavy atom. The zero-order valence-electron chi connectivity index (χ0n) is 11.8. The summed E-state index contributed by atoms with van der Waals surface area (Å²) in [5.41, 5.74) is -0.195. The number of aliphatic carboxylic acids is 1. The van der Waals surface area contributed by atoms with Crippen molar-refractivity contribution in [1.29, 1.82) is 0 Å². The van der Waals surface area contributed by atoms with Crippen LogP contribution < -0.4 is 0 Å². The Balaban J connectivity index is 2.49. The lowest BCUT2D eigenvalue weighted by atomic mass is 9.82. The zero-order chi connectivity index (χ0) is 15.6. The van der Waals surface area contributed by atoms with Crippen molar-refractivity contribution < 1.29 is 19.8 Å². The summed E-state index contributed by atoms with van der Waals surface area (Å²) in [6.45, 7) is 2.97. The van der Waals surface area contributed by atoms with Gasteiger partial charge in [0, 0.05) is 16.7 Å². The van der Waals surface area contributed by atoms with Crippen molar-refractivity contribution in [3.8, 4) is 5.75 Å². The lowest BCUT2D eigenvalue weighted by Gasteiger charge is -2.21. The maximum atomic E-state index is 12.4. The first-order chi connectivity index (χ1) is 9.84. The Bertz CT molecular complexity index is 687. The van der Waals surface area contributed by atoms with Crippen molar-refractivity contribution >= 4 is 11.8 Å². The third-order valence-electron chi connectivity index (χ3n) is 3.50. The minimum Gasteiger partial charge on any atom is -0.508 e. The highest BCUT2D eigenvalue weighted by Gasteiger charge is 2.32. The first kappa shape index (κ1) is 14.8. The summed E-state index contributed by atoms with van der Waals surface area (Å²) in [5, 5.41) is 19.2. The Morgan fingerprint density at radius 3 is 2.14 bits per heavy atom. The van der Waals surface area contributed by atoms with E-state index >= 15 is 0 Å². The second-order valence-corrected chi connectivity index (χ2v) is 5.36. The van der Waals surface area contributed by atoms with Crippen molar-refractivity contribution in [2.45, 2.75) is 19.3 Å². The van der Waals surface area contributed by atoms with Gasteiger partial charge < -0.3 is 10.2 Å². The van der Waals surface area contributed by atoms with E-state index in [0.717, 1.165) is 0 Å². The molecule has 2 aromatic rings. The van der Waals surface area contributed by atoms with E-state index in [1.165, 1.54) is 32.0 Å². The summed E-state index contributed by atoms with van der Waals surface area (Å²) in [7, 11) is 0. The number of hydrogen-bond acceptors (Lipinski definition) is 3. The van der Waals surface area contributed by atoms with Crippen LogP contribution in [0.2, 0.25) is 0 Å². The number of aromatic hydroxyl groups is 1. The Hall–Kier alpha value is -2.62. The number of carbonyl (C=O) groups is 2. The summed E-state index contributed by atoms with van der Waals surface area (Å²) < 4.78 is 0. The molecule has 2 aromatic carbocycles. The molecule has 0 aromatic heterocycles. The standard InChI is InChI=1S/C17H16O4/c1-17(2,16(20)21)13-10-12(8-9-14(13)18)15(19)11-6-4-3-5-7-11/h3-10,18H,1-2H3,(H,20,21). The fraction of sp³-hybridized carbons (Fsp3) is 0.176. The molecule has 4 nitrogen and oxygen atoms in total. The number of carbonyl (C=O) groups excluding carboxylic acids is 1. The van der Waals surface area contributed by atoms with Gasteiger partial charge in [0.2, 0.25) is 0 Å². The van der Waals surface area contributed by atoms with E-state index in [-0.39, 0.29) is 17.1 Å².